The van der Waals surface area contributed by atoms with Crippen LogP contribution in [0, 0.1) is 17.8 Å². The number of nitrogens with one attached hydrogen (secondary N) is 1. The minimum absolute atomic E-state index is 0.0179. The van der Waals surface area contributed by atoms with Crippen molar-refractivity contribution in [2.45, 2.75) is 84.3 Å². The molecule has 1 saturated heterocycles. The highest BCUT2D eigenvalue weighted by Crippen LogP contribution is 2.39. The highest BCUT2D eigenvalue weighted by molar-refractivity contribution is 5.86. The van der Waals surface area contributed by atoms with E-state index in [0.717, 1.165) is 32.0 Å². The van der Waals surface area contributed by atoms with E-state index in [-0.39, 0.29) is 23.8 Å². The van der Waals surface area contributed by atoms with E-state index in [1.807, 2.05) is 13.8 Å². The monoisotopic (exact) mass is 511 g/mol. The number of likely N-dealkylation sites (tertiary alicyclic amines) is 1. The Hall–Kier alpha value is -2.29. The number of ether oxygens (including phenoxy) is 1. The second-order valence-corrected chi connectivity index (χ2v) is 11.7. The summed E-state index contributed by atoms with van der Waals surface area (Å²) in [7, 11) is 1.60. The van der Waals surface area contributed by atoms with Crippen molar-refractivity contribution in [2.75, 3.05) is 20.1 Å². The fraction of sp³-hybridized carbons (Fsp3) is 0.704. The van der Waals surface area contributed by atoms with E-state index in [1.54, 1.807) is 33.9 Å². The summed E-state index contributed by atoms with van der Waals surface area (Å²) in [5.41, 5.74) is -0.647. The van der Waals surface area contributed by atoms with E-state index < -0.39 is 29.5 Å². The zero-order chi connectivity index (χ0) is 26.8. The summed E-state index contributed by atoms with van der Waals surface area (Å²) < 4.78 is 44.7. The molecule has 1 heterocycles. The second kappa shape index (κ2) is 11.0. The Morgan fingerprint density at radius 1 is 1.17 bits per heavy atom. The fourth-order valence-corrected chi connectivity index (χ4v) is 5.40. The summed E-state index contributed by atoms with van der Waals surface area (Å²) in [6, 6.07) is 4.84. The normalized spacial score (nSPS) is 23.4. The van der Waals surface area contributed by atoms with Crippen LogP contribution in [0.2, 0.25) is 0 Å². The van der Waals surface area contributed by atoms with Crippen LogP contribution >= 0.6 is 0 Å². The number of carbonyl (C=O) groups excluding carboxylic acids is 2. The van der Waals surface area contributed by atoms with Crippen LogP contribution < -0.4 is 5.32 Å². The van der Waals surface area contributed by atoms with Crippen molar-refractivity contribution < 1.29 is 27.5 Å². The van der Waals surface area contributed by atoms with E-state index in [0.29, 0.717) is 24.4 Å². The third-order valence-electron chi connectivity index (χ3n) is 7.07. The predicted molar refractivity (Wildman–Crippen MR) is 132 cm³/mol. The van der Waals surface area contributed by atoms with Crippen molar-refractivity contribution in [3.05, 3.63) is 35.4 Å². The first-order valence-electron chi connectivity index (χ1n) is 12.8. The Bertz CT molecular complexity index is 929. The van der Waals surface area contributed by atoms with Crippen LogP contribution in [0.1, 0.15) is 65.0 Å². The molecule has 0 spiro atoms. The Labute approximate surface area is 212 Å². The number of rotatable bonds is 7. The number of hydrogen-bond donors (Lipinski definition) is 1. The molecule has 3 rings (SSSR count). The zero-order valence-corrected chi connectivity index (χ0v) is 22.2. The molecule has 1 N–H and O–H groups in total. The van der Waals surface area contributed by atoms with E-state index in [4.69, 9.17) is 4.74 Å². The van der Waals surface area contributed by atoms with Gasteiger partial charge in [-0.3, -0.25) is 14.6 Å². The number of fused-ring (bicyclic) bond motifs is 1. The maximum atomic E-state index is 13.4. The summed E-state index contributed by atoms with van der Waals surface area (Å²) in [6.07, 6.45) is -2.54. The van der Waals surface area contributed by atoms with E-state index >= 15 is 0 Å². The summed E-state index contributed by atoms with van der Waals surface area (Å²) in [4.78, 5) is 29.6. The number of hydrogen-bond acceptors (Lipinski definition) is 4. The first kappa shape index (κ1) is 28.3. The minimum atomic E-state index is -4.36. The molecule has 1 aromatic rings. The Balaban J connectivity index is 1.63. The van der Waals surface area contributed by atoms with Gasteiger partial charge in [-0.25, -0.2) is 4.79 Å². The molecule has 2 fully saturated rings. The topological polar surface area (TPSA) is 61.9 Å². The van der Waals surface area contributed by atoms with Gasteiger partial charge in [-0.1, -0.05) is 32.0 Å². The van der Waals surface area contributed by atoms with Crippen molar-refractivity contribution in [2.24, 2.45) is 17.8 Å². The molecule has 2 amide bonds. The number of likely N-dealkylation sites (N-methyl/N-ethyl adjacent to an activating group) is 1. The van der Waals surface area contributed by atoms with Crippen LogP contribution in [-0.4, -0.2) is 59.6 Å². The number of carbonyl (C=O) groups is 2. The maximum Gasteiger partial charge on any atom is 0.416 e. The predicted octanol–water partition coefficient (Wildman–Crippen LogP) is 5.31. The van der Waals surface area contributed by atoms with Gasteiger partial charge in [0.05, 0.1) is 5.56 Å². The highest BCUT2D eigenvalue weighted by atomic mass is 19.4. The number of alkyl halides is 3. The molecule has 1 aliphatic heterocycles. The molecular weight excluding hydrogens is 471 g/mol. The number of amides is 2. The van der Waals surface area contributed by atoms with Crippen molar-refractivity contribution in [1.82, 2.24) is 15.1 Å². The summed E-state index contributed by atoms with van der Waals surface area (Å²) in [5.74, 6) is 0.662. The molecule has 1 saturated carbocycles. The van der Waals surface area contributed by atoms with Gasteiger partial charge in [-0.05, 0) is 69.4 Å². The van der Waals surface area contributed by atoms with E-state index in [2.05, 4.69) is 10.2 Å². The molecule has 9 heteroatoms. The van der Waals surface area contributed by atoms with Gasteiger partial charge in [0, 0.05) is 32.7 Å². The lowest BCUT2D eigenvalue weighted by molar-refractivity contribution is -0.137. The Morgan fingerprint density at radius 2 is 1.86 bits per heavy atom. The molecule has 6 nitrogen and oxygen atoms in total. The molecule has 2 aliphatic rings. The van der Waals surface area contributed by atoms with Crippen molar-refractivity contribution in [3.8, 4) is 0 Å². The van der Waals surface area contributed by atoms with E-state index in [9.17, 15) is 22.8 Å². The summed E-state index contributed by atoms with van der Waals surface area (Å²) >= 11 is 0. The van der Waals surface area contributed by atoms with E-state index in [1.165, 1.54) is 17.0 Å². The average molecular weight is 512 g/mol. The van der Waals surface area contributed by atoms with Crippen LogP contribution in [0.3, 0.4) is 0 Å². The van der Waals surface area contributed by atoms with Crippen LogP contribution in [0.4, 0.5) is 18.0 Å². The number of halogens is 3. The average Bonchev–Trinajstić information content (AvgIpc) is 3.30. The Morgan fingerprint density at radius 3 is 2.47 bits per heavy atom. The smallest absolute Gasteiger partial charge is 0.416 e. The SMILES string of the molecule is CC(C)C[C@@H](C(=O)N[C@@H]1CC[C@H]2CN(Cc3cccc(C(F)(F)F)c3)C[C@H]21)N(C)C(=O)OC(C)(C)C. The van der Waals surface area contributed by atoms with Crippen molar-refractivity contribution in [3.63, 3.8) is 0 Å². The molecule has 0 bridgehead atoms. The first-order chi connectivity index (χ1) is 16.6. The van der Waals surface area contributed by atoms with Gasteiger partial charge in [0.2, 0.25) is 5.91 Å². The van der Waals surface area contributed by atoms with Crippen LogP contribution in [0.25, 0.3) is 0 Å². The largest absolute Gasteiger partial charge is 0.444 e. The molecule has 4 atom stereocenters. The molecule has 0 aromatic heterocycles. The first-order valence-corrected chi connectivity index (χ1v) is 12.8. The van der Waals surface area contributed by atoms with Gasteiger partial charge >= 0.3 is 12.3 Å². The lowest BCUT2D eigenvalue weighted by Crippen LogP contribution is -2.52. The number of benzene rings is 1. The van der Waals surface area contributed by atoms with Gasteiger partial charge in [-0.2, -0.15) is 13.2 Å². The Kier molecular flexibility index (Phi) is 8.63. The molecule has 1 aliphatic carbocycles. The fourth-order valence-electron chi connectivity index (χ4n) is 5.40. The maximum absolute atomic E-state index is 13.4. The second-order valence-electron chi connectivity index (χ2n) is 11.7. The lowest BCUT2D eigenvalue weighted by Gasteiger charge is -2.32. The van der Waals surface area contributed by atoms with Gasteiger partial charge < -0.3 is 10.1 Å². The number of nitrogens with zero attached hydrogens (tertiary/aromatic N) is 2. The van der Waals surface area contributed by atoms with Crippen molar-refractivity contribution >= 4 is 12.0 Å². The van der Waals surface area contributed by atoms with Crippen LogP contribution in [0.5, 0.6) is 0 Å². The van der Waals surface area contributed by atoms with Gasteiger partial charge in [0.1, 0.15) is 11.6 Å². The molecule has 1 aromatic carbocycles. The zero-order valence-electron chi connectivity index (χ0n) is 22.2. The van der Waals surface area contributed by atoms with Gasteiger partial charge in [-0.15, -0.1) is 0 Å². The van der Waals surface area contributed by atoms with Crippen molar-refractivity contribution in [1.29, 1.82) is 0 Å². The summed E-state index contributed by atoms with van der Waals surface area (Å²) in [5, 5.41) is 3.20. The summed E-state index contributed by atoms with van der Waals surface area (Å²) in [6.45, 7) is 11.4. The quantitative estimate of drug-likeness (QED) is 0.539. The van der Waals surface area contributed by atoms with Gasteiger partial charge in [0.25, 0.3) is 0 Å². The molecular formula is C27H40F3N3O3. The molecule has 36 heavy (non-hydrogen) atoms. The molecule has 0 unspecified atom stereocenters. The molecule has 0 radical (unpaired) electrons. The van der Waals surface area contributed by atoms with Gasteiger partial charge in [0.15, 0.2) is 0 Å². The standard InChI is InChI=1S/C27H40F3N3O3/c1-17(2)12-23(32(6)25(35)36-26(3,4)5)24(34)31-22-11-10-19-15-33(16-21(19)22)14-18-8-7-9-20(13-18)27(28,29)30/h7-9,13,17,19,21-23H,10-12,14-16H2,1-6H3,(H,31,34)/t19-,21+,22+,23-/m0/s1. The van der Waals surface area contributed by atoms with Crippen LogP contribution in [-0.2, 0) is 22.3 Å². The van der Waals surface area contributed by atoms with Crippen LogP contribution in [0.15, 0.2) is 24.3 Å². The third kappa shape index (κ3) is 7.37. The third-order valence-corrected chi connectivity index (χ3v) is 7.07. The minimum Gasteiger partial charge on any atom is -0.444 e. The molecule has 202 valence electrons. The highest BCUT2D eigenvalue weighted by Gasteiger charge is 2.44. The lowest BCUT2D eigenvalue weighted by atomic mass is 9.96.